The molecule has 1 N–H and O–H groups in total. The monoisotopic (exact) mass is 233 g/mol. The molecule has 1 saturated heterocycles. The quantitative estimate of drug-likeness (QED) is 0.862. The molecular weight excluding hydrogens is 210 g/mol. The summed E-state index contributed by atoms with van der Waals surface area (Å²) in [6, 6.07) is 4.32. The van der Waals surface area contributed by atoms with Gasteiger partial charge in [0.05, 0.1) is 5.69 Å². The van der Waals surface area contributed by atoms with E-state index < -0.39 is 0 Å². The first-order valence-electron chi connectivity index (χ1n) is 6.40. The highest BCUT2D eigenvalue weighted by Gasteiger charge is 2.28. The Morgan fingerprint density at radius 2 is 2.24 bits per heavy atom. The van der Waals surface area contributed by atoms with Crippen molar-refractivity contribution < 1.29 is 0 Å². The summed E-state index contributed by atoms with van der Waals surface area (Å²) in [5.41, 5.74) is 2.91. The van der Waals surface area contributed by atoms with E-state index in [4.69, 9.17) is 0 Å². The zero-order chi connectivity index (χ0) is 12.3. The van der Waals surface area contributed by atoms with E-state index >= 15 is 0 Å². The van der Waals surface area contributed by atoms with Crippen LogP contribution in [0.1, 0.15) is 31.5 Å². The number of rotatable bonds is 4. The maximum Gasteiger partial charge on any atom is 0.0544 e. The normalized spacial score (nSPS) is 19.7. The van der Waals surface area contributed by atoms with E-state index in [1.165, 1.54) is 30.8 Å². The Morgan fingerprint density at radius 1 is 1.41 bits per heavy atom. The molecule has 2 heterocycles. The fourth-order valence-corrected chi connectivity index (χ4v) is 2.45. The summed E-state index contributed by atoms with van der Waals surface area (Å²) < 4.78 is 0. The summed E-state index contributed by atoms with van der Waals surface area (Å²) in [7, 11) is 1.96. The number of hydrogen-bond donors (Lipinski definition) is 1. The average Bonchev–Trinajstić information content (AvgIpc) is 2.61. The molecular formula is C14H23N3. The smallest absolute Gasteiger partial charge is 0.0544 e. The zero-order valence-electron chi connectivity index (χ0n) is 11.2. The summed E-state index contributed by atoms with van der Waals surface area (Å²) in [6.45, 7) is 8.96. The van der Waals surface area contributed by atoms with Crippen LogP contribution in [0.3, 0.4) is 0 Å². The number of aromatic nitrogens is 1. The minimum Gasteiger partial charge on any atom is -0.316 e. The molecule has 1 aliphatic heterocycles. The van der Waals surface area contributed by atoms with Crippen LogP contribution in [0, 0.1) is 5.41 Å². The standard InChI is InChI=1S/C14H23N3/c1-14(2)6-7-17(11-14)10-13-5-4-12(8-15-3)9-16-13/h4-5,9,15H,6-8,10-11H2,1-3H3. The van der Waals surface area contributed by atoms with Gasteiger partial charge in [-0.3, -0.25) is 9.88 Å². The zero-order valence-corrected chi connectivity index (χ0v) is 11.2. The summed E-state index contributed by atoms with van der Waals surface area (Å²) in [5.74, 6) is 0. The Balaban J connectivity index is 1.91. The molecule has 1 fully saturated rings. The fraction of sp³-hybridized carbons (Fsp3) is 0.643. The van der Waals surface area contributed by atoms with Crippen LogP contribution in [-0.4, -0.2) is 30.0 Å². The van der Waals surface area contributed by atoms with Gasteiger partial charge in [0.2, 0.25) is 0 Å². The van der Waals surface area contributed by atoms with E-state index in [2.05, 4.69) is 41.2 Å². The minimum absolute atomic E-state index is 0.478. The lowest BCUT2D eigenvalue weighted by molar-refractivity contribution is 0.281. The van der Waals surface area contributed by atoms with Gasteiger partial charge in [-0.2, -0.15) is 0 Å². The topological polar surface area (TPSA) is 28.2 Å². The first kappa shape index (κ1) is 12.5. The Hall–Kier alpha value is -0.930. The van der Waals surface area contributed by atoms with Gasteiger partial charge in [-0.25, -0.2) is 0 Å². The Labute approximate surface area is 104 Å². The van der Waals surface area contributed by atoms with Crippen LogP contribution in [0.5, 0.6) is 0 Å². The predicted molar refractivity (Wildman–Crippen MR) is 70.7 cm³/mol. The molecule has 0 aromatic carbocycles. The van der Waals surface area contributed by atoms with Crippen molar-refractivity contribution >= 4 is 0 Å². The second-order valence-corrected chi connectivity index (χ2v) is 5.81. The molecule has 2 rings (SSSR count). The van der Waals surface area contributed by atoms with E-state index in [0.29, 0.717) is 5.41 Å². The van der Waals surface area contributed by atoms with Crippen molar-refractivity contribution in [3.8, 4) is 0 Å². The van der Waals surface area contributed by atoms with Crippen molar-refractivity contribution in [1.29, 1.82) is 0 Å². The number of nitrogens with zero attached hydrogens (tertiary/aromatic N) is 2. The maximum absolute atomic E-state index is 4.53. The van der Waals surface area contributed by atoms with E-state index in [1.54, 1.807) is 0 Å². The third kappa shape index (κ3) is 3.51. The molecule has 17 heavy (non-hydrogen) atoms. The van der Waals surface area contributed by atoms with Crippen molar-refractivity contribution in [1.82, 2.24) is 15.2 Å². The molecule has 3 heteroatoms. The first-order valence-corrected chi connectivity index (χ1v) is 6.40. The largest absolute Gasteiger partial charge is 0.316 e. The Morgan fingerprint density at radius 3 is 2.76 bits per heavy atom. The number of pyridine rings is 1. The van der Waals surface area contributed by atoms with Crippen LogP contribution in [0.15, 0.2) is 18.3 Å². The molecule has 0 bridgehead atoms. The van der Waals surface area contributed by atoms with Crippen LogP contribution in [0.25, 0.3) is 0 Å². The van der Waals surface area contributed by atoms with Gasteiger partial charge in [0.25, 0.3) is 0 Å². The number of hydrogen-bond acceptors (Lipinski definition) is 3. The van der Waals surface area contributed by atoms with E-state index in [0.717, 1.165) is 13.1 Å². The van der Waals surface area contributed by atoms with Crippen LogP contribution in [-0.2, 0) is 13.1 Å². The predicted octanol–water partition coefficient (Wildman–Crippen LogP) is 2.03. The van der Waals surface area contributed by atoms with Crippen molar-refractivity contribution in [2.24, 2.45) is 5.41 Å². The second kappa shape index (κ2) is 5.15. The fourth-order valence-electron chi connectivity index (χ4n) is 2.45. The van der Waals surface area contributed by atoms with Gasteiger partial charge in [-0.1, -0.05) is 19.9 Å². The van der Waals surface area contributed by atoms with Gasteiger partial charge in [0, 0.05) is 25.8 Å². The van der Waals surface area contributed by atoms with Gasteiger partial charge in [0.15, 0.2) is 0 Å². The number of nitrogens with one attached hydrogen (secondary N) is 1. The van der Waals surface area contributed by atoms with Crippen molar-refractivity contribution in [3.63, 3.8) is 0 Å². The second-order valence-electron chi connectivity index (χ2n) is 5.81. The molecule has 1 aromatic rings. The van der Waals surface area contributed by atoms with Crippen LogP contribution in [0.4, 0.5) is 0 Å². The van der Waals surface area contributed by atoms with E-state index in [1.807, 2.05) is 13.2 Å². The molecule has 0 radical (unpaired) electrons. The summed E-state index contributed by atoms with van der Waals surface area (Å²) >= 11 is 0. The Kier molecular flexibility index (Phi) is 3.79. The van der Waals surface area contributed by atoms with E-state index in [-0.39, 0.29) is 0 Å². The molecule has 0 spiro atoms. The van der Waals surface area contributed by atoms with Crippen molar-refractivity contribution in [3.05, 3.63) is 29.6 Å². The van der Waals surface area contributed by atoms with Gasteiger partial charge < -0.3 is 5.32 Å². The number of likely N-dealkylation sites (tertiary alicyclic amines) is 1. The molecule has 0 atom stereocenters. The van der Waals surface area contributed by atoms with Gasteiger partial charge in [-0.15, -0.1) is 0 Å². The minimum atomic E-state index is 0.478. The van der Waals surface area contributed by atoms with Crippen molar-refractivity contribution in [2.75, 3.05) is 20.1 Å². The first-order chi connectivity index (χ1) is 8.09. The highest BCUT2D eigenvalue weighted by molar-refractivity contribution is 5.14. The highest BCUT2D eigenvalue weighted by Crippen LogP contribution is 2.29. The summed E-state index contributed by atoms with van der Waals surface area (Å²) in [4.78, 5) is 7.03. The lowest BCUT2D eigenvalue weighted by atomic mass is 9.93. The van der Waals surface area contributed by atoms with Crippen LogP contribution in [0.2, 0.25) is 0 Å². The molecule has 1 aliphatic rings. The lowest BCUT2D eigenvalue weighted by Gasteiger charge is -2.19. The Bertz CT molecular complexity index is 356. The molecule has 0 unspecified atom stereocenters. The van der Waals surface area contributed by atoms with Crippen LogP contribution >= 0.6 is 0 Å². The highest BCUT2D eigenvalue weighted by atomic mass is 15.2. The molecule has 3 nitrogen and oxygen atoms in total. The molecule has 1 aromatic heterocycles. The molecule has 0 amide bonds. The van der Waals surface area contributed by atoms with Gasteiger partial charge in [-0.05, 0) is 37.1 Å². The summed E-state index contributed by atoms with van der Waals surface area (Å²) in [5, 5.41) is 3.14. The van der Waals surface area contributed by atoms with Crippen molar-refractivity contribution in [2.45, 2.75) is 33.4 Å². The molecule has 0 saturated carbocycles. The maximum atomic E-state index is 4.53. The SMILES string of the molecule is CNCc1ccc(CN2CCC(C)(C)C2)nc1. The van der Waals surface area contributed by atoms with Gasteiger partial charge in [0.1, 0.15) is 0 Å². The average molecular weight is 233 g/mol. The van der Waals surface area contributed by atoms with E-state index in [9.17, 15) is 0 Å². The molecule has 94 valence electrons. The third-order valence-electron chi connectivity index (χ3n) is 3.41. The third-order valence-corrected chi connectivity index (χ3v) is 3.41. The van der Waals surface area contributed by atoms with Gasteiger partial charge >= 0.3 is 0 Å². The lowest BCUT2D eigenvalue weighted by Crippen LogP contribution is -2.23. The van der Waals surface area contributed by atoms with Crippen LogP contribution < -0.4 is 5.32 Å². The summed E-state index contributed by atoms with van der Waals surface area (Å²) in [6.07, 6.45) is 3.28. The molecule has 0 aliphatic carbocycles.